The molecule has 2 aromatic heterocycles. The number of amides is 1. The fourth-order valence-electron chi connectivity index (χ4n) is 3.05. The summed E-state index contributed by atoms with van der Waals surface area (Å²) < 4.78 is 45.4. The molecule has 5 nitrogen and oxygen atoms in total. The van der Waals surface area contributed by atoms with E-state index in [1.807, 2.05) is 41.1 Å². The van der Waals surface area contributed by atoms with Gasteiger partial charge in [-0.3, -0.25) is 4.79 Å². The van der Waals surface area contributed by atoms with Crippen LogP contribution in [0.3, 0.4) is 0 Å². The lowest BCUT2D eigenvalue weighted by Crippen LogP contribution is -2.57. The molecule has 0 unspecified atom stereocenters. The van der Waals surface area contributed by atoms with Gasteiger partial charge in [0.15, 0.2) is 0 Å². The maximum Gasteiger partial charge on any atom is 0.433 e. The van der Waals surface area contributed by atoms with Gasteiger partial charge in [-0.25, -0.2) is 4.98 Å². The SMILES string of the molecule is O=C(Cn1ccc2ccccc21)N1CC(Oc2cccc(C(F)(F)F)n2)C1. The molecule has 1 aliphatic rings. The third kappa shape index (κ3) is 3.60. The van der Waals surface area contributed by atoms with E-state index in [0.29, 0.717) is 13.1 Å². The number of ether oxygens (including phenoxy) is 1. The van der Waals surface area contributed by atoms with Crippen LogP contribution in [-0.4, -0.2) is 39.6 Å². The summed E-state index contributed by atoms with van der Waals surface area (Å²) in [5.74, 6) is -0.147. The highest BCUT2D eigenvalue weighted by Crippen LogP contribution is 2.29. The Balaban J connectivity index is 1.34. The quantitative estimate of drug-likeness (QED) is 0.703. The number of fused-ring (bicyclic) bond motifs is 1. The van der Waals surface area contributed by atoms with E-state index in [4.69, 9.17) is 4.74 Å². The number of aromatic nitrogens is 2. The van der Waals surface area contributed by atoms with Crippen LogP contribution in [0.15, 0.2) is 54.7 Å². The second-order valence-corrected chi connectivity index (χ2v) is 6.40. The van der Waals surface area contributed by atoms with Crippen LogP contribution in [0.5, 0.6) is 5.88 Å². The van der Waals surface area contributed by atoms with Crippen LogP contribution in [0.1, 0.15) is 5.69 Å². The molecule has 8 heteroatoms. The lowest BCUT2D eigenvalue weighted by molar-refractivity contribution is -0.142. The highest BCUT2D eigenvalue weighted by atomic mass is 19.4. The number of hydrogen-bond donors (Lipinski definition) is 0. The summed E-state index contributed by atoms with van der Waals surface area (Å²) in [6, 6.07) is 13.3. The third-order valence-corrected chi connectivity index (χ3v) is 4.49. The van der Waals surface area contributed by atoms with E-state index in [2.05, 4.69) is 4.98 Å². The predicted molar refractivity (Wildman–Crippen MR) is 92.2 cm³/mol. The lowest BCUT2D eigenvalue weighted by Gasteiger charge is -2.38. The van der Waals surface area contributed by atoms with Crippen molar-refractivity contribution in [3.8, 4) is 5.88 Å². The first-order valence-electron chi connectivity index (χ1n) is 8.43. The number of alkyl halides is 3. The van der Waals surface area contributed by atoms with Crippen LogP contribution in [0.4, 0.5) is 13.2 Å². The molecule has 0 aliphatic carbocycles. The molecule has 3 heterocycles. The van der Waals surface area contributed by atoms with Crippen molar-refractivity contribution in [1.29, 1.82) is 0 Å². The minimum atomic E-state index is -4.51. The van der Waals surface area contributed by atoms with E-state index in [1.165, 1.54) is 12.1 Å². The highest BCUT2D eigenvalue weighted by Gasteiger charge is 2.35. The van der Waals surface area contributed by atoms with Crippen molar-refractivity contribution in [2.24, 2.45) is 0 Å². The zero-order valence-electron chi connectivity index (χ0n) is 14.2. The van der Waals surface area contributed by atoms with Crippen molar-refractivity contribution in [2.45, 2.75) is 18.8 Å². The van der Waals surface area contributed by atoms with Gasteiger partial charge in [-0.05, 0) is 23.6 Å². The molecule has 0 spiro atoms. The normalized spacial score (nSPS) is 15.0. The van der Waals surface area contributed by atoms with Crippen molar-refractivity contribution < 1.29 is 22.7 Å². The molecule has 3 aromatic rings. The first-order chi connectivity index (χ1) is 12.9. The maximum absolute atomic E-state index is 12.7. The first kappa shape index (κ1) is 17.4. The number of pyridine rings is 1. The Labute approximate surface area is 153 Å². The number of rotatable bonds is 4. The lowest BCUT2D eigenvalue weighted by atomic mass is 10.1. The summed E-state index contributed by atoms with van der Waals surface area (Å²) in [6.45, 7) is 0.869. The van der Waals surface area contributed by atoms with Gasteiger partial charge in [0.25, 0.3) is 0 Å². The van der Waals surface area contributed by atoms with E-state index in [1.54, 1.807) is 4.90 Å². The Hall–Kier alpha value is -3.03. The van der Waals surface area contributed by atoms with E-state index in [9.17, 15) is 18.0 Å². The first-order valence-corrected chi connectivity index (χ1v) is 8.43. The Kier molecular flexibility index (Phi) is 4.25. The molecule has 140 valence electrons. The van der Waals surface area contributed by atoms with E-state index >= 15 is 0 Å². The molecule has 0 saturated carbocycles. The van der Waals surface area contributed by atoms with Crippen LogP contribution in [0.25, 0.3) is 10.9 Å². The number of carbonyl (C=O) groups is 1. The molecule has 0 atom stereocenters. The molecule has 1 aliphatic heterocycles. The van der Waals surface area contributed by atoms with E-state index in [0.717, 1.165) is 17.0 Å². The number of para-hydroxylation sites is 1. The van der Waals surface area contributed by atoms with Gasteiger partial charge in [0.1, 0.15) is 18.3 Å². The Morgan fingerprint density at radius 1 is 1.11 bits per heavy atom. The van der Waals surface area contributed by atoms with Crippen LogP contribution < -0.4 is 4.74 Å². The van der Waals surface area contributed by atoms with Gasteiger partial charge in [0.05, 0.1) is 13.1 Å². The van der Waals surface area contributed by atoms with Gasteiger partial charge < -0.3 is 14.2 Å². The van der Waals surface area contributed by atoms with Crippen LogP contribution in [0.2, 0.25) is 0 Å². The van der Waals surface area contributed by atoms with Crippen molar-refractivity contribution in [2.75, 3.05) is 13.1 Å². The fraction of sp³-hybridized carbons (Fsp3) is 0.263. The molecular weight excluding hydrogens is 359 g/mol. The highest BCUT2D eigenvalue weighted by molar-refractivity contribution is 5.83. The number of hydrogen-bond acceptors (Lipinski definition) is 3. The minimum Gasteiger partial charge on any atom is -0.471 e. The van der Waals surface area contributed by atoms with E-state index < -0.39 is 11.9 Å². The number of halogens is 3. The summed E-state index contributed by atoms with van der Waals surface area (Å²) in [5.41, 5.74) is -0.0147. The zero-order chi connectivity index (χ0) is 19.0. The van der Waals surface area contributed by atoms with Gasteiger partial charge >= 0.3 is 6.18 Å². The van der Waals surface area contributed by atoms with Gasteiger partial charge in [-0.1, -0.05) is 24.3 Å². The number of benzene rings is 1. The molecule has 1 saturated heterocycles. The van der Waals surface area contributed by atoms with Gasteiger partial charge in [-0.15, -0.1) is 0 Å². The number of carbonyl (C=O) groups excluding carboxylic acids is 1. The molecule has 1 aromatic carbocycles. The Bertz CT molecular complexity index is 977. The number of likely N-dealkylation sites (tertiary alicyclic amines) is 1. The van der Waals surface area contributed by atoms with Crippen molar-refractivity contribution in [3.63, 3.8) is 0 Å². The fourth-order valence-corrected chi connectivity index (χ4v) is 3.05. The van der Waals surface area contributed by atoms with E-state index in [-0.39, 0.29) is 24.4 Å². The van der Waals surface area contributed by atoms with Crippen LogP contribution in [0, 0.1) is 0 Å². The monoisotopic (exact) mass is 375 g/mol. The van der Waals surface area contributed by atoms with Crippen LogP contribution in [-0.2, 0) is 17.5 Å². The predicted octanol–water partition coefficient (Wildman–Crippen LogP) is 3.34. The second kappa shape index (κ2) is 6.61. The summed E-state index contributed by atoms with van der Waals surface area (Å²) in [4.78, 5) is 17.5. The van der Waals surface area contributed by atoms with Crippen molar-refractivity contribution >= 4 is 16.8 Å². The molecule has 0 N–H and O–H groups in total. The molecule has 4 rings (SSSR count). The molecular formula is C19H16F3N3O2. The number of nitrogens with zero attached hydrogens (tertiary/aromatic N) is 3. The summed E-state index contributed by atoms with van der Waals surface area (Å²) in [5, 5.41) is 1.06. The van der Waals surface area contributed by atoms with Crippen molar-refractivity contribution in [3.05, 3.63) is 60.4 Å². The zero-order valence-corrected chi connectivity index (χ0v) is 14.2. The maximum atomic E-state index is 12.7. The smallest absolute Gasteiger partial charge is 0.433 e. The molecule has 27 heavy (non-hydrogen) atoms. The summed E-state index contributed by atoms with van der Waals surface area (Å²) in [7, 11) is 0. The molecule has 0 radical (unpaired) electrons. The molecule has 1 amide bonds. The van der Waals surface area contributed by atoms with Gasteiger partial charge in [0, 0.05) is 17.8 Å². The molecule has 0 bridgehead atoms. The van der Waals surface area contributed by atoms with Gasteiger partial charge in [0.2, 0.25) is 11.8 Å². The second-order valence-electron chi connectivity index (χ2n) is 6.40. The average molecular weight is 375 g/mol. The Morgan fingerprint density at radius 3 is 2.67 bits per heavy atom. The third-order valence-electron chi connectivity index (χ3n) is 4.49. The standard InChI is InChI=1S/C19H16F3N3O2/c20-19(21,22)16-6-3-7-17(23-16)27-14-10-25(11-14)18(26)12-24-9-8-13-4-1-2-5-15(13)24/h1-9,14H,10-12H2. The Morgan fingerprint density at radius 2 is 1.89 bits per heavy atom. The minimum absolute atomic E-state index is 0.0618. The van der Waals surface area contributed by atoms with Crippen molar-refractivity contribution in [1.82, 2.24) is 14.5 Å². The summed E-state index contributed by atoms with van der Waals surface area (Å²) in [6.07, 6.45) is -3.00. The van der Waals surface area contributed by atoms with Crippen LogP contribution >= 0.6 is 0 Å². The van der Waals surface area contributed by atoms with Gasteiger partial charge in [-0.2, -0.15) is 13.2 Å². The summed E-state index contributed by atoms with van der Waals surface area (Å²) >= 11 is 0. The topological polar surface area (TPSA) is 47.4 Å². The largest absolute Gasteiger partial charge is 0.471 e. The molecule has 1 fully saturated rings. The average Bonchev–Trinajstić information content (AvgIpc) is 3.00.